The highest BCUT2D eigenvalue weighted by atomic mass is 79.9. The van der Waals surface area contributed by atoms with Gasteiger partial charge in [-0.05, 0) is 38.9 Å². The van der Waals surface area contributed by atoms with Crippen molar-refractivity contribution < 1.29 is 0 Å². The summed E-state index contributed by atoms with van der Waals surface area (Å²) in [5.74, 6) is 0. The Kier molecular flexibility index (Phi) is 3.64. The summed E-state index contributed by atoms with van der Waals surface area (Å²) >= 11 is 3.68. The first-order chi connectivity index (χ1) is 6.34. The van der Waals surface area contributed by atoms with E-state index < -0.39 is 0 Å². The second-order valence-electron chi connectivity index (χ2n) is 4.24. The van der Waals surface area contributed by atoms with E-state index in [0.717, 1.165) is 4.83 Å². The van der Waals surface area contributed by atoms with Gasteiger partial charge in [-0.2, -0.15) is 0 Å². The number of likely N-dealkylation sites (tertiary alicyclic amines) is 2. The first-order valence-corrected chi connectivity index (χ1v) is 6.35. The Balaban J connectivity index is 1.62. The molecule has 2 fully saturated rings. The first-order valence-electron chi connectivity index (χ1n) is 5.43. The Morgan fingerprint density at radius 3 is 2.31 bits per heavy atom. The van der Waals surface area contributed by atoms with Crippen LogP contribution < -0.4 is 0 Å². The molecule has 0 amide bonds. The molecule has 2 aliphatic heterocycles. The summed E-state index contributed by atoms with van der Waals surface area (Å²) < 4.78 is 0. The molecule has 2 aliphatic rings. The van der Waals surface area contributed by atoms with E-state index in [-0.39, 0.29) is 0 Å². The van der Waals surface area contributed by atoms with Crippen molar-refractivity contribution in [2.45, 2.75) is 24.1 Å². The molecule has 1 atom stereocenters. The van der Waals surface area contributed by atoms with Gasteiger partial charge in [0.15, 0.2) is 0 Å². The quantitative estimate of drug-likeness (QED) is 0.698. The van der Waals surface area contributed by atoms with Gasteiger partial charge < -0.3 is 9.80 Å². The third kappa shape index (κ3) is 2.93. The Hall–Kier alpha value is 0.400. The predicted molar refractivity (Wildman–Crippen MR) is 59.4 cm³/mol. The van der Waals surface area contributed by atoms with Crippen molar-refractivity contribution in [2.24, 2.45) is 0 Å². The van der Waals surface area contributed by atoms with Crippen molar-refractivity contribution in [3.63, 3.8) is 0 Å². The molecule has 0 radical (unpaired) electrons. The van der Waals surface area contributed by atoms with E-state index in [2.05, 4.69) is 25.7 Å². The van der Waals surface area contributed by atoms with E-state index in [4.69, 9.17) is 0 Å². The van der Waals surface area contributed by atoms with Crippen LogP contribution in [0.2, 0.25) is 0 Å². The lowest BCUT2D eigenvalue weighted by atomic mass is 10.4. The van der Waals surface area contributed by atoms with Crippen molar-refractivity contribution in [1.29, 1.82) is 0 Å². The third-order valence-electron chi connectivity index (χ3n) is 3.15. The number of nitrogens with zero attached hydrogens (tertiary/aromatic N) is 2. The Morgan fingerprint density at radius 1 is 1.00 bits per heavy atom. The second-order valence-corrected chi connectivity index (χ2v) is 5.53. The maximum atomic E-state index is 3.68. The van der Waals surface area contributed by atoms with E-state index in [9.17, 15) is 0 Å². The van der Waals surface area contributed by atoms with Crippen molar-refractivity contribution in [1.82, 2.24) is 9.80 Å². The van der Waals surface area contributed by atoms with Crippen molar-refractivity contribution in [3.8, 4) is 0 Å². The van der Waals surface area contributed by atoms with Crippen LogP contribution in [0, 0.1) is 0 Å². The van der Waals surface area contributed by atoms with E-state index in [0.29, 0.717) is 0 Å². The molecule has 2 heterocycles. The number of halogens is 1. The highest BCUT2D eigenvalue weighted by molar-refractivity contribution is 9.09. The fourth-order valence-corrected chi connectivity index (χ4v) is 2.89. The van der Waals surface area contributed by atoms with E-state index >= 15 is 0 Å². The topological polar surface area (TPSA) is 6.48 Å². The largest absolute Gasteiger partial charge is 0.302 e. The molecule has 2 saturated heterocycles. The summed E-state index contributed by atoms with van der Waals surface area (Å²) in [6.45, 7) is 7.80. The molecule has 2 nitrogen and oxygen atoms in total. The fraction of sp³-hybridized carbons (Fsp3) is 1.00. The van der Waals surface area contributed by atoms with E-state index in [1.807, 2.05) is 0 Å². The molecule has 2 rings (SSSR count). The summed E-state index contributed by atoms with van der Waals surface area (Å²) in [6.07, 6.45) is 4.17. The van der Waals surface area contributed by atoms with Gasteiger partial charge in [-0.25, -0.2) is 0 Å². The van der Waals surface area contributed by atoms with Gasteiger partial charge in [0.1, 0.15) is 0 Å². The smallest absolute Gasteiger partial charge is 0.0285 e. The maximum Gasteiger partial charge on any atom is 0.0285 e. The zero-order valence-electron chi connectivity index (χ0n) is 8.21. The molecule has 0 spiro atoms. The molecule has 0 aliphatic carbocycles. The molecule has 3 heteroatoms. The van der Waals surface area contributed by atoms with Gasteiger partial charge in [-0.15, -0.1) is 0 Å². The van der Waals surface area contributed by atoms with Crippen LogP contribution in [0.4, 0.5) is 0 Å². The standard InChI is InChI=1S/C10H19BrN2/c11-10-3-6-13(9-10)8-7-12-4-1-2-5-12/h10H,1-9H2. The van der Waals surface area contributed by atoms with E-state index in [1.165, 1.54) is 58.5 Å². The van der Waals surface area contributed by atoms with Gasteiger partial charge in [0.05, 0.1) is 0 Å². The molecular formula is C10H19BrN2. The first kappa shape index (κ1) is 9.94. The van der Waals surface area contributed by atoms with Gasteiger partial charge in [0, 0.05) is 24.5 Å². The summed E-state index contributed by atoms with van der Waals surface area (Å²) in [7, 11) is 0. The van der Waals surface area contributed by atoms with Gasteiger partial charge >= 0.3 is 0 Å². The lowest BCUT2D eigenvalue weighted by molar-refractivity contribution is 0.258. The zero-order valence-corrected chi connectivity index (χ0v) is 9.80. The molecule has 0 aromatic heterocycles. The monoisotopic (exact) mass is 246 g/mol. The van der Waals surface area contributed by atoms with Gasteiger partial charge in [-0.1, -0.05) is 15.9 Å². The molecule has 0 bridgehead atoms. The SMILES string of the molecule is BrC1CCN(CCN2CCCC2)C1. The van der Waals surface area contributed by atoms with Crippen molar-refractivity contribution >= 4 is 15.9 Å². The minimum absolute atomic E-state index is 0.756. The van der Waals surface area contributed by atoms with Gasteiger partial charge in [-0.3, -0.25) is 0 Å². The van der Waals surface area contributed by atoms with Gasteiger partial charge in [0.2, 0.25) is 0 Å². The zero-order chi connectivity index (χ0) is 9.10. The highest BCUT2D eigenvalue weighted by Crippen LogP contribution is 2.16. The number of rotatable bonds is 3. The molecule has 1 unspecified atom stereocenters. The van der Waals surface area contributed by atoms with Crippen LogP contribution in [0.25, 0.3) is 0 Å². The maximum absolute atomic E-state index is 3.68. The molecule has 13 heavy (non-hydrogen) atoms. The summed E-state index contributed by atoms with van der Waals surface area (Å²) in [5.41, 5.74) is 0. The molecular weight excluding hydrogens is 228 g/mol. The number of hydrogen-bond donors (Lipinski definition) is 0. The van der Waals surface area contributed by atoms with E-state index in [1.54, 1.807) is 0 Å². The average molecular weight is 247 g/mol. The lowest BCUT2D eigenvalue weighted by Gasteiger charge is -2.20. The number of hydrogen-bond acceptors (Lipinski definition) is 2. The average Bonchev–Trinajstić information content (AvgIpc) is 2.71. The Morgan fingerprint density at radius 2 is 1.69 bits per heavy atom. The van der Waals surface area contributed by atoms with Gasteiger partial charge in [0.25, 0.3) is 0 Å². The summed E-state index contributed by atoms with van der Waals surface area (Å²) in [5, 5.41) is 0. The van der Waals surface area contributed by atoms with Crippen molar-refractivity contribution in [2.75, 3.05) is 39.3 Å². The summed E-state index contributed by atoms with van der Waals surface area (Å²) in [6, 6.07) is 0. The fourth-order valence-electron chi connectivity index (χ4n) is 2.28. The van der Waals surface area contributed by atoms with Crippen LogP contribution in [0.15, 0.2) is 0 Å². The molecule has 0 aromatic carbocycles. The minimum atomic E-state index is 0.756. The predicted octanol–water partition coefficient (Wildman–Crippen LogP) is 1.55. The normalized spacial score (nSPS) is 31.6. The molecule has 0 N–H and O–H groups in total. The van der Waals surface area contributed by atoms with Crippen LogP contribution >= 0.6 is 15.9 Å². The summed E-state index contributed by atoms with van der Waals surface area (Å²) in [4.78, 5) is 5.94. The molecule has 0 aromatic rings. The van der Waals surface area contributed by atoms with Crippen molar-refractivity contribution in [3.05, 3.63) is 0 Å². The highest BCUT2D eigenvalue weighted by Gasteiger charge is 2.20. The van der Waals surface area contributed by atoms with Crippen LogP contribution in [0.3, 0.4) is 0 Å². The molecule has 0 saturated carbocycles. The minimum Gasteiger partial charge on any atom is -0.302 e. The Bertz CT molecular complexity index is 157. The van der Waals surface area contributed by atoms with Crippen LogP contribution in [-0.2, 0) is 0 Å². The van der Waals surface area contributed by atoms with Crippen LogP contribution in [-0.4, -0.2) is 53.9 Å². The van der Waals surface area contributed by atoms with Crippen LogP contribution in [0.1, 0.15) is 19.3 Å². The Labute approximate surface area is 89.4 Å². The lowest BCUT2D eigenvalue weighted by Crippen LogP contribution is -2.32. The molecule has 76 valence electrons. The van der Waals surface area contributed by atoms with Crippen LogP contribution in [0.5, 0.6) is 0 Å². The number of alkyl halides is 1. The third-order valence-corrected chi connectivity index (χ3v) is 3.89. The second kappa shape index (κ2) is 4.76.